The normalized spacial score (nSPS) is 15.5. The van der Waals surface area contributed by atoms with Crippen LogP contribution in [-0.4, -0.2) is 56.0 Å². The minimum atomic E-state index is 0.280. The maximum Gasteiger partial charge on any atom is 0.179 e. The van der Waals surface area contributed by atoms with Gasteiger partial charge >= 0.3 is 0 Å². The number of hydrogen-bond acceptors (Lipinski definition) is 5. The monoisotopic (exact) mass is 344 g/mol. The predicted octanol–water partition coefficient (Wildman–Crippen LogP) is 2.08. The molecule has 122 valence electrons. The molecule has 1 saturated heterocycles. The summed E-state index contributed by atoms with van der Waals surface area (Å²) in [4.78, 5) is 2.57. The predicted molar refractivity (Wildman–Crippen MR) is 91.3 cm³/mol. The highest BCUT2D eigenvalue weighted by molar-refractivity contribution is 7.80. The maximum atomic E-state index is 6.28. The molecule has 0 aliphatic carbocycles. The van der Waals surface area contributed by atoms with Crippen LogP contribution in [0.1, 0.15) is 12.5 Å². The fourth-order valence-corrected chi connectivity index (χ4v) is 2.60. The van der Waals surface area contributed by atoms with Crippen molar-refractivity contribution in [3.05, 3.63) is 22.7 Å². The van der Waals surface area contributed by atoms with Crippen LogP contribution in [0, 0.1) is 0 Å². The first-order chi connectivity index (χ1) is 10.6. The fourth-order valence-electron chi connectivity index (χ4n) is 2.21. The molecule has 22 heavy (non-hydrogen) atoms. The van der Waals surface area contributed by atoms with E-state index in [0.717, 1.165) is 32.8 Å². The molecule has 0 bridgehead atoms. The molecule has 1 aliphatic rings. The van der Waals surface area contributed by atoms with E-state index in [2.05, 4.69) is 4.90 Å². The second-order valence-corrected chi connectivity index (χ2v) is 5.73. The van der Waals surface area contributed by atoms with E-state index in [-0.39, 0.29) is 4.99 Å². The molecule has 5 nitrogen and oxygen atoms in total. The third-order valence-electron chi connectivity index (χ3n) is 3.35. The van der Waals surface area contributed by atoms with Crippen molar-refractivity contribution in [1.29, 1.82) is 0 Å². The lowest BCUT2D eigenvalue weighted by Crippen LogP contribution is -2.38. The lowest BCUT2D eigenvalue weighted by atomic mass is 10.2. The lowest BCUT2D eigenvalue weighted by molar-refractivity contribution is 0.0321. The average Bonchev–Trinajstić information content (AvgIpc) is 2.50. The molecule has 1 aromatic rings. The SMILES string of the molecule is CCOc1cc(C(N)=S)cc(Cl)c1OCCN1CCOCC1. The summed E-state index contributed by atoms with van der Waals surface area (Å²) in [6, 6.07) is 3.47. The standard InChI is InChI=1S/C15H21ClN2O3S/c1-2-20-13-10-11(15(17)22)9-12(16)14(13)21-8-5-18-3-6-19-7-4-18/h9-10H,2-8H2,1H3,(H2,17,22). The van der Waals surface area contributed by atoms with Crippen molar-refractivity contribution in [2.24, 2.45) is 5.73 Å². The van der Waals surface area contributed by atoms with Gasteiger partial charge in [-0.15, -0.1) is 0 Å². The highest BCUT2D eigenvalue weighted by Crippen LogP contribution is 2.36. The first kappa shape index (κ1) is 17.3. The van der Waals surface area contributed by atoms with Crippen LogP contribution in [0.15, 0.2) is 12.1 Å². The van der Waals surface area contributed by atoms with E-state index >= 15 is 0 Å². The van der Waals surface area contributed by atoms with Gasteiger partial charge < -0.3 is 19.9 Å². The molecule has 1 fully saturated rings. The van der Waals surface area contributed by atoms with E-state index in [1.165, 1.54) is 0 Å². The van der Waals surface area contributed by atoms with Crippen LogP contribution in [0.25, 0.3) is 0 Å². The number of rotatable bonds is 7. The number of hydrogen-bond donors (Lipinski definition) is 1. The van der Waals surface area contributed by atoms with Crippen molar-refractivity contribution in [2.45, 2.75) is 6.92 Å². The quantitative estimate of drug-likeness (QED) is 0.764. The summed E-state index contributed by atoms with van der Waals surface area (Å²) in [6.07, 6.45) is 0. The Hall–Kier alpha value is -1.08. The first-order valence-electron chi connectivity index (χ1n) is 7.31. The molecule has 1 aliphatic heterocycles. The summed E-state index contributed by atoms with van der Waals surface area (Å²) in [5, 5.41) is 0.454. The number of nitrogens with two attached hydrogens (primary N) is 1. The first-order valence-corrected chi connectivity index (χ1v) is 8.09. The van der Waals surface area contributed by atoms with E-state index in [0.29, 0.717) is 35.3 Å². The molecule has 7 heteroatoms. The van der Waals surface area contributed by atoms with Crippen LogP contribution in [0.4, 0.5) is 0 Å². The smallest absolute Gasteiger partial charge is 0.179 e. The Kier molecular flexibility index (Phi) is 6.70. The molecular formula is C15H21ClN2O3S. The summed E-state index contributed by atoms with van der Waals surface area (Å²) in [7, 11) is 0. The van der Waals surface area contributed by atoms with Gasteiger partial charge in [-0.25, -0.2) is 0 Å². The number of halogens is 1. The van der Waals surface area contributed by atoms with Crippen LogP contribution in [0.2, 0.25) is 5.02 Å². The minimum absolute atomic E-state index is 0.280. The summed E-state index contributed by atoms with van der Waals surface area (Å²) in [6.45, 7) is 7.16. The third-order valence-corrected chi connectivity index (χ3v) is 3.87. The van der Waals surface area contributed by atoms with Crippen LogP contribution >= 0.6 is 23.8 Å². The van der Waals surface area contributed by atoms with Crippen molar-refractivity contribution >= 4 is 28.8 Å². The largest absolute Gasteiger partial charge is 0.490 e. The van der Waals surface area contributed by atoms with Gasteiger partial charge in [-0.1, -0.05) is 23.8 Å². The zero-order valence-electron chi connectivity index (χ0n) is 12.6. The molecule has 0 aromatic heterocycles. The van der Waals surface area contributed by atoms with Gasteiger partial charge in [0, 0.05) is 25.2 Å². The van der Waals surface area contributed by atoms with Gasteiger partial charge in [-0.05, 0) is 19.1 Å². The molecule has 0 spiro atoms. The lowest BCUT2D eigenvalue weighted by Gasteiger charge is -2.26. The molecular weight excluding hydrogens is 324 g/mol. The van der Waals surface area contributed by atoms with Crippen molar-refractivity contribution in [3.63, 3.8) is 0 Å². The molecule has 1 heterocycles. The maximum absolute atomic E-state index is 6.28. The molecule has 0 radical (unpaired) electrons. The summed E-state index contributed by atoms with van der Waals surface area (Å²) < 4.78 is 16.7. The van der Waals surface area contributed by atoms with Gasteiger partial charge in [-0.3, -0.25) is 4.90 Å². The van der Waals surface area contributed by atoms with E-state index in [1.807, 2.05) is 6.92 Å². The van der Waals surface area contributed by atoms with Crippen LogP contribution < -0.4 is 15.2 Å². The van der Waals surface area contributed by atoms with Gasteiger partial charge in [0.25, 0.3) is 0 Å². The van der Waals surface area contributed by atoms with Crippen LogP contribution in [0.5, 0.6) is 11.5 Å². The van der Waals surface area contributed by atoms with E-state index < -0.39 is 0 Å². The Balaban J connectivity index is 2.03. The van der Waals surface area contributed by atoms with E-state index in [9.17, 15) is 0 Å². The highest BCUT2D eigenvalue weighted by atomic mass is 35.5. The van der Waals surface area contributed by atoms with Crippen LogP contribution in [-0.2, 0) is 4.74 Å². The van der Waals surface area contributed by atoms with E-state index in [1.54, 1.807) is 12.1 Å². The fraction of sp³-hybridized carbons (Fsp3) is 0.533. The third kappa shape index (κ3) is 4.71. The van der Waals surface area contributed by atoms with Gasteiger partial charge in [0.1, 0.15) is 11.6 Å². The van der Waals surface area contributed by atoms with Crippen molar-refractivity contribution < 1.29 is 14.2 Å². The number of benzene rings is 1. The number of morpholine rings is 1. The van der Waals surface area contributed by atoms with Crippen molar-refractivity contribution in [3.8, 4) is 11.5 Å². The van der Waals surface area contributed by atoms with Gasteiger partial charge in [0.2, 0.25) is 0 Å². The zero-order valence-corrected chi connectivity index (χ0v) is 14.2. The zero-order chi connectivity index (χ0) is 15.9. The topological polar surface area (TPSA) is 57.0 Å². The Morgan fingerprint density at radius 2 is 2.09 bits per heavy atom. The summed E-state index contributed by atoms with van der Waals surface area (Å²) in [5.41, 5.74) is 6.32. The molecule has 0 atom stereocenters. The van der Waals surface area contributed by atoms with Crippen molar-refractivity contribution in [1.82, 2.24) is 4.90 Å². The Morgan fingerprint density at radius 3 is 2.73 bits per heavy atom. The molecule has 0 saturated carbocycles. The van der Waals surface area contributed by atoms with Gasteiger partial charge in [0.15, 0.2) is 11.5 Å². The van der Waals surface area contributed by atoms with Gasteiger partial charge in [0.05, 0.1) is 24.8 Å². The number of nitrogens with zero attached hydrogens (tertiary/aromatic N) is 1. The minimum Gasteiger partial charge on any atom is -0.490 e. The Bertz CT molecular complexity index is 522. The molecule has 0 unspecified atom stereocenters. The molecule has 2 N–H and O–H groups in total. The molecule has 0 amide bonds. The number of ether oxygens (including phenoxy) is 3. The Labute approximate surface area is 141 Å². The summed E-state index contributed by atoms with van der Waals surface area (Å²) in [5.74, 6) is 1.11. The second kappa shape index (κ2) is 8.53. The molecule has 2 rings (SSSR count). The average molecular weight is 345 g/mol. The molecule has 1 aromatic carbocycles. The van der Waals surface area contributed by atoms with Crippen molar-refractivity contribution in [2.75, 3.05) is 46.1 Å². The highest BCUT2D eigenvalue weighted by Gasteiger charge is 2.15. The Morgan fingerprint density at radius 1 is 1.36 bits per heavy atom. The second-order valence-electron chi connectivity index (χ2n) is 4.89. The van der Waals surface area contributed by atoms with Crippen LogP contribution in [0.3, 0.4) is 0 Å². The van der Waals surface area contributed by atoms with Gasteiger partial charge in [-0.2, -0.15) is 0 Å². The number of thiocarbonyl (C=S) groups is 1. The summed E-state index contributed by atoms with van der Waals surface area (Å²) >= 11 is 11.3. The van der Waals surface area contributed by atoms with E-state index in [4.69, 9.17) is 43.8 Å².